The van der Waals surface area contributed by atoms with Crippen molar-refractivity contribution in [1.82, 2.24) is 9.97 Å². The van der Waals surface area contributed by atoms with Crippen LogP contribution in [-0.4, -0.2) is 16.6 Å². The van der Waals surface area contributed by atoms with E-state index < -0.39 is 0 Å². The minimum atomic E-state index is 0.660. The Hall–Kier alpha value is -2.92. The first-order valence-corrected chi connectivity index (χ1v) is 9.78. The molecule has 0 fully saturated rings. The number of fused-ring (bicyclic) bond motifs is 1. The van der Waals surface area contributed by atoms with Gasteiger partial charge in [0.25, 0.3) is 0 Å². The van der Waals surface area contributed by atoms with Crippen LogP contribution in [0.5, 0.6) is 5.75 Å². The van der Waals surface area contributed by atoms with Gasteiger partial charge in [0.1, 0.15) is 22.7 Å². The fourth-order valence-corrected chi connectivity index (χ4v) is 4.16. The highest BCUT2D eigenvalue weighted by Crippen LogP contribution is 2.41. The molecule has 0 radical (unpaired) electrons. The number of hydrogen-bond donors (Lipinski definition) is 1. The van der Waals surface area contributed by atoms with Crippen molar-refractivity contribution in [2.45, 2.75) is 20.8 Å². The van der Waals surface area contributed by atoms with Gasteiger partial charge in [-0.1, -0.05) is 29.8 Å². The fourth-order valence-electron chi connectivity index (χ4n) is 3.14. The van der Waals surface area contributed by atoms with E-state index in [2.05, 4.69) is 53.4 Å². The average molecular weight is 375 g/mol. The number of hydrogen-bond acceptors (Lipinski definition) is 5. The van der Waals surface area contributed by atoms with Gasteiger partial charge in [-0.05, 0) is 50.6 Å². The van der Waals surface area contributed by atoms with Crippen LogP contribution in [0.4, 0.5) is 11.5 Å². The summed E-state index contributed by atoms with van der Waals surface area (Å²) in [5.74, 6) is 1.69. The van der Waals surface area contributed by atoms with E-state index >= 15 is 0 Å². The first kappa shape index (κ1) is 17.5. The first-order chi connectivity index (χ1) is 13.2. The number of nitrogens with one attached hydrogen (secondary N) is 1. The smallest absolute Gasteiger partial charge is 0.143 e. The lowest BCUT2D eigenvalue weighted by Gasteiger charge is -2.10. The van der Waals surface area contributed by atoms with E-state index in [4.69, 9.17) is 4.74 Å². The Morgan fingerprint density at radius 2 is 1.70 bits per heavy atom. The van der Waals surface area contributed by atoms with Gasteiger partial charge >= 0.3 is 0 Å². The molecule has 1 N–H and O–H groups in total. The van der Waals surface area contributed by atoms with E-state index in [-0.39, 0.29) is 0 Å². The highest BCUT2D eigenvalue weighted by Gasteiger charge is 2.16. The Balaban J connectivity index is 1.78. The fraction of sp³-hybridized carbons (Fsp3) is 0.182. The number of nitrogens with zero attached hydrogens (tertiary/aromatic N) is 2. The van der Waals surface area contributed by atoms with Crippen LogP contribution >= 0.6 is 11.3 Å². The van der Waals surface area contributed by atoms with Crippen molar-refractivity contribution in [3.05, 3.63) is 65.3 Å². The van der Waals surface area contributed by atoms with Gasteiger partial charge in [-0.25, -0.2) is 9.97 Å². The Kier molecular flexibility index (Phi) is 4.77. The van der Waals surface area contributed by atoms with E-state index in [1.54, 1.807) is 17.7 Å². The molecule has 0 aliphatic rings. The molecule has 0 saturated heterocycles. The van der Waals surface area contributed by atoms with Crippen LogP contribution in [0.25, 0.3) is 21.3 Å². The molecule has 136 valence electrons. The molecule has 27 heavy (non-hydrogen) atoms. The molecule has 2 aromatic carbocycles. The van der Waals surface area contributed by atoms with E-state index in [9.17, 15) is 0 Å². The SMILES string of the molecule is CCOc1ccc(Nc2ncnc3sc(C)c(-c4ccc(C)cc4)c23)cc1. The van der Waals surface area contributed by atoms with Gasteiger partial charge in [0, 0.05) is 16.1 Å². The minimum Gasteiger partial charge on any atom is -0.494 e. The number of anilines is 2. The zero-order valence-electron chi connectivity index (χ0n) is 15.6. The molecule has 0 amide bonds. The molecular weight excluding hydrogens is 354 g/mol. The molecule has 4 aromatic rings. The van der Waals surface area contributed by atoms with E-state index in [0.29, 0.717) is 6.61 Å². The van der Waals surface area contributed by atoms with Gasteiger partial charge in [0.2, 0.25) is 0 Å². The van der Waals surface area contributed by atoms with Crippen LogP contribution in [0.3, 0.4) is 0 Å². The molecule has 0 aliphatic heterocycles. The summed E-state index contributed by atoms with van der Waals surface area (Å²) in [4.78, 5) is 11.3. The zero-order valence-corrected chi connectivity index (χ0v) is 16.4. The Labute approximate surface area is 162 Å². The third-order valence-electron chi connectivity index (χ3n) is 4.43. The number of aromatic nitrogens is 2. The summed E-state index contributed by atoms with van der Waals surface area (Å²) in [6.07, 6.45) is 1.62. The maximum atomic E-state index is 5.52. The summed E-state index contributed by atoms with van der Waals surface area (Å²) >= 11 is 1.70. The lowest BCUT2D eigenvalue weighted by molar-refractivity contribution is 0.340. The second-order valence-electron chi connectivity index (χ2n) is 6.38. The van der Waals surface area contributed by atoms with Crippen molar-refractivity contribution in [3.8, 4) is 16.9 Å². The molecule has 4 nitrogen and oxygen atoms in total. The quantitative estimate of drug-likeness (QED) is 0.457. The zero-order chi connectivity index (χ0) is 18.8. The van der Waals surface area contributed by atoms with Crippen molar-refractivity contribution < 1.29 is 4.74 Å². The average Bonchev–Trinajstić information content (AvgIpc) is 3.01. The van der Waals surface area contributed by atoms with Crippen LogP contribution in [0.15, 0.2) is 54.9 Å². The van der Waals surface area contributed by atoms with Crippen molar-refractivity contribution in [1.29, 1.82) is 0 Å². The normalized spacial score (nSPS) is 10.9. The van der Waals surface area contributed by atoms with Crippen LogP contribution in [0.2, 0.25) is 0 Å². The van der Waals surface area contributed by atoms with E-state index in [1.165, 1.54) is 21.6 Å². The van der Waals surface area contributed by atoms with Crippen LogP contribution < -0.4 is 10.1 Å². The third kappa shape index (κ3) is 3.51. The van der Waals surface area contributed by atoms with Crippen molar-refractivity contribution in [2.75, 3.05) is 11.9 Å². The van der Waals surface area contributed by atoms with Gasteiger partial charge in [0.05, 0.1) is 12.0 Å². The molecule has 0 aliphatic carbocycles. The molecule has 5 heteroatoms. The monoisotopic (exact) mass is 375 g/mol. The topological polar surface area (TPSA) is 47.0 Å². The molecule has 0 saturated carbocycles. The first-order valence-electron chi connectivity index (χ1n) is 8.96. The number of aryl methyl sites for hydroxylation is 2. The molecule has 0 bridgehead atoms. The maximum Gasteiger partial charge on any atom is 0.143 e. The third-order valence-corrected chi connectivity index (χ3v) is 5.45. The van der Waals surface area contributed by atoms with Crippen LogP contribution in [0.1, 0.15) is 17.4 Å². The highest BCUT2D eigenvalue weighted by molar-refractivity contribution is 7.19. The lowest BCUT2D eigenvalue weighted by atomic mass is 10.0. The molecule has 0 spiro atoms. The van der Waals surface area contributed by atoms with Gasteiger partial charge in [-0.15, -0.1) is 11.3 Å². The number of benzene rings is 2. The molecule has 4 rings (SSSR count). The van der Waals surface area contributed by atoms with E-state index in [0.717, 1.165) is 27.5 Å². The Morgan fingerprint density at radius 3 is 2.41 bits per heavy atom. The summed E-state index contributed by atoms with van der Waals surface area (Å²) in [6, 6.07) is 16.5. The summed E-state index contributed by atoms with van der Waals surface area (Å²) in [7, 11) is 0. The van der Waals surface area contributed by atoms with Crippen molar-refractivity contribution >= 4 is 33.1 Å². The number of rotatable bonds is 5. The lowest BCUT2D eigenvalue weighted by Crippen LogP contribution is -1.96. The minimum absolute atomic E-state index is 0.660. The predicted molar refractivity (Wildman–Crippen MR) is 113 cm³/mol. The summed E-state index contributed by atoms with van der Waals surface area (Å²) in [5.41, 5.74) is 4.61. The van der Waals surface area contributed by atoms with E-state index in [1.807, 2.05) is 31.2 Å². The Bertz CT molecular complexity index is 1070. The highest BCUT2D eigenvalue weighted by atomic mass is 32.1. The number of ether oxygens (including phenoxy) is 1. The van der Waals surface area contributed by atoms with Crippen LogP contribution in [0, 0.1) is 13.8 Å². The molecule has 2 heterocycles. The number of thiophene rings is 1. The molecule has 0 atom stereocenters. The van der Waals surface area contributed by atoms with Crippen molar-refractivity contribution in [2.24, 2.45) is 0 Å². The predicted octanol–water partition coefficient (Wildman–Crippen LogP) is 6.12. The standard InChI is InChI=1S/C22H21N3OS/c1-4-26-18-11-9-17(10-12-18)25-21-20-19(16-7-5-14(2)6-8-16)15(3)27-22(20)24-13-23-21/h5-13H,4H2,1-3H3,(H,23,24,25). The molecule has 0 unspecified atom stereocenters. The van der Waals surface area contributed by atoms with Gasteiger partial charge in [0.15, 0.2) is 0 Å². The van der Waals surface area contributed by atoms with Gasteiger partial charge < -0.3 is 10.1 Å². The summed E-state index contributed by atoms with van der Waals surface area (Å²) in [6.45, 7) is 6.88. The molecular formula is C22H21N3OS. The maximum absolute atomic E-state index is 5.52. The molecule has 2 aromatic heterocycles. The second-order valence-corrected chi connectivity index (χ2v) is 7.59. The van der Waals surface area contributed by atoms with Crippen LogP contribution in [-0.2, 0) is 0 Å². The summed E-state index contributed by atoms with van der Waals surface area (Å²) < 4.78 is 5.52. The van der Waals surface area contributed by atoms with Gasteiger partial charge in [-0.2, -0.15) is 0 Å². The summed E-state index contributed by atoms with van der Waals surface area (Å²) in [5, 5.41) is 4.52. The largest absolute Gasteiger partial charge is 0.494 e. The van der Waals surface area contributed by atoms with Gasteiger partial charge in [-0.3, -0.25) is 0 Å². The van der Waals surface area contributed by atoms with Crippen molar-refractivity contribution in [3.63, 3.8) is 0 Å². The second kappa shape index (κ2) is 7.37. The Morgan fingerprint density at radius 1 is 0.963 bits per heavy atom.